The smallest absolute Gasteiger partial charge is 0.396 e. The normalized spacial score (nSPS) is 11.0. The van der Waals surface area contributed by atoms with E-state index in [1.165, 1.54) is 12.1 Å². The van der Waals surface area contributed by atoms with E-state index in [-0.39, 0.29) is 17.9 Å². The molecule has 1 heterocycles. The van der Waals surface area contributed by atoms with Gasteiger partial charge in [-0.3, -0.25) is 0 Å². The Bertz CT molecular complexity index is 689. The van der Waals surface area contributed by atoms with Crippen molar-refractivity contribution < 1.29 is 13.2 Å². The number of nitrogens with zero attached hydrogens (tertiary/aromatic N) is 2. The van der Waals surface area contributed by atoms with Crippen LogP contribution in [0.4, 0.5) is 24.7 Å². The van der Waals surface area contributed by atoms with Crippen molar-refractivity contribution in [2.24, 2.45) is 0 Å². The van der Waals surface area contributed by atoms with Crippen LogP contribution in [0.3, 0.4) is 0 Å². The summed E-state index contributed by atoms with van der Waals surface area (Å²) in [5, 5.41) is 11.7. The molecule has 0 amide bonds. The fourth-order valence-corrected chi connectivity index (χ4v) is 1.71. The molecule has 0 aliphatic carbocycles. The second-order valence-corrected chi connectivity index (χ2v) is 4.30. The van der Waals surface area contributed by atoms with Gasteiger partial charge in [0.05, 0.1) is 11.3 Å². The lowest BCUT2D eigenvalue weighted by molar-refractivity contribution is -0.137. The van der Waals surface area contributed by atoms with Gasteiger partial charge in [0, 0.05) is 6.54 Å². The molecule has 0 unspecified atom stereocenters. The number of nitriles is 1. The molecule has 7 heteroatoms. The lowest BCUT2D eigenvalue weighted by Gasteiger charge is -2.10. The van der Waals surface area contributed by atoms with E-state index >= 15 is 0 Å². The zero-order valence-corrected chi connectivity index (χ0v) is 10.8. The van der Waals surface area contributed by atoms with Crippen LogP contribution in [0, 0.1) is 11.3 Å². The van der Waals surface area contributed by atoms with Crippen LogP contribution in [0.5, 0.6) is 0 Å². The number of anilines is 2. The molecule has 0 fully saturated rings. The number of hydrogen-bond donors (Lipinski definition) is 2. The summed E-state index contributed by atoms with van der Waals surface area (Å²) >= 11 is 0. The number of hydrogen-bond acceptors (Lipinski definition) is 4. The van der Waals surface area contributed by atoms with Crippen LogP contribution < -0.4 is 11.1 Å². The minimum atomic E-state index is -4.37. The van der Waals surface area contributed by atoms with Crippen molar-refractivity contribution in [3.8, 4) is 6.07 Å². The Morgan fingerprint density at radius 2 is 2.00 bits per heavy atom. The minimum Gasteiger partial charge on any atom is -0.396 e. The Kier molecular flexibility index (Phi) is 3.98. The van der Waals surface area contributed by atoms with Gasteiger partial charge in [0.15, 0.2) is 5.69 Å². The van der Waals surface area contributed by atoms with Crippen molar-refractivity contribution in [3.63, 3.8) is 0 Å². The van der Waals surface area contributed by atoms with Gasteiger partial charge in [0.25, 0.3) is 0 Å². The standard InChI is InChI=1S/C14H11F3N4/c15-14(16,17)10-3-1-2-9(6-10)8-20-13-5-4-11(19)12(7-18)21-13/h1-6H,8,19H2,(H,20,21). The number of aromatic nitrogens is 1. The fraction of sp³-hybridized carbons (Fsp3) is 0.143. The van der Waals surface area contributed by atoms with Crippen molar-refractivity contribution in [1.82, 2.24) is 4.98 Å². The van der Waals surface area contributed by atoms with Crippen LogP contribution in [0.15, 0.2) is 36.4 Å². The monoisotopic (exact) mass is 292 g/mol. The van der Waals surface area contributed by atoms with Gasteiger partial charge in [-0.25, -0.2) is 4.98 Å². The molecule has 0 radical (unpaired) electrons. The highest BCUT2D eigenvalue weighted by Crippen LogP contribution is 2.29. The number of nitrogens with two attached hydrogens (primary N) is 1. The number of benzene rings is 1. The molecule has 3 N–H and O–H groups in total. The molecule has 0 bridgehead atoms. The van der Waals surface area contributed by atoms with Crippen molar-refractivity contribution >= 4 is 11.5 Å². The van der Waals surface area contributed by atoms with Gasteiger partial charge in [-0.15, -0.1) is 0 Å². The first-order chi connectivity index (χ1) is 9.90. The zero-order chi connectivity index (χ0) is 15.5. The van der Waals surface area contributed by atoms with Gasteiger partial charge in [-0.05, 0) is 29.8 Å². The Labute approximate surface area is 119 Å². The van der Waals surface area contributed by atoms with Crippen LogP contribution in [0.25, 0.3) is 0 Å². The molecular weight excluding hydrogens is 281 g/mol. The Morgan fingerprint density at radius 3 is 2.67 bits per heavy atom. The maximum absolute atomic E-state index is 12.6. The predicted molar refractivity (Wildman–Crippen MR) is 72.1 cm³/mol. The first-order valence-electron chi connectivity index (χ1n) is 5.97. The molecule has 1 aromatic heterocycles. The van der Waals surface area contributed by atoms with E-state index in [1.54, 1.807) is 12.1 Å². The van der Waals surface area contributed by atoms with Crippen molar-refractivity contribution in [2.45, 2.75) is 12.7 Å². The van der Waals surface area contributed by atoms with Gasteiger partial charge in [0.2, 0.25) is 0 Å². The molecule has 0 saturated heterocycles. The Hall–Kier alpha value is -2.75. The quantitative estimate of drug-likeness (QED) is 0.911. The molecule has 21 heavy (non-hydrogen) atoms. The van der Waals surface area contributed by atoms with Crippen LogP contribution in [-0.4, -0.2) is 4.98 Å². The van der Waals surface area contributed by atoms with Crippen molar-refractivity contribution in [3.05, 3.63) is 53.2 Å². The molecule has 0 aliphatic rings. The fourth-order valence-electron chi connectivity index (χ4n) is 1.71. The third-order valence-corrected chi connectivity index (χ3v) is 2.76. The Morgan fingerprint density at radius 1 is 1.24 bits per heavy atom. The molecule has 0 spiro atoms. The molecule has 2 rings (SSSR count). The first kappa shape index (κ1) is 14.7. The van der Waals surface area contributed by atoms with E-state index < -0.39 is 11.7 Å². The maximum atomic E-state index is 12.6. The first-order valence-corrected chi connectivity index (χ1v) is 5.97. The molecule has 0 aliphatic heterocycles. The second kappa shape index (κ2) is 5.71. The van der Waals surface area contributed by atoms with E-state index in [9.17, 15) is 13.2 Å². The number of nitrogen functional groups attached to an aromatic ring is 1. The molecule has 0 saturated carbocycles. The van der Waals surface area contributed by atoms with E-state index in [2.05, 4.69) is 10.3 Å². The predicted octanol–water partition coefficient (Wildman–Crippen LogP) is 3.17. The van der Waals surface area contributed by atoms with E-state index in [1.807, 2.05) is 6.07 Å². The van der Waals surface area contributed by atoms with Gasteiger partial charge in [0.1, 0.15) is 11.9 Å². The largest absolute Gasteiger partial charge is 0.416 e. The third kappa shape index (κ3) is 3.63. The second-order valence-electron chi connectivity index (χ2n) is 4.30. The summed E-state index contributed by atoms with van der Waals surface area (Å²) in [6.07, 6.45) is -4.37. The van der Waals surface area contributed by atoms with Crippen molar-refractivity contribution in [2.75, 3.05) is 11.1 Å². The van der Waals surface area contributed by atoms with Gasteiger partial charge < -0.3 is 11.1 Å². The van der Waals surface area contributed by atoms with Crippen molar-refractivity contribution in [1.29, 1.82) is 5.26 Å². The van der Waals surface area contributed by atoms with E-state index in [4.69, 9.17) is 11.0 Å². The average molecular weight is 292 g/mol. The number of alkyl halides is 3. The lowest BCUT2D eigenvalue weighted by Crippen LogP contribution is -2.07. The lowest BCUT2D eigenvalue weighted by atomic mass is 10.1. The Balaban J connectivity index is 2.12. The summed E-state index contributed by atoms with van der Waals surface area (Å²) in [7, 11) is 0. The number of halogens is 3. The number of rotatable bonds is 3. The maximum Gasteiger partial charge on any atom is 0.416 e. The molecule has 108 valence electrons. The van der Waals surface area contributed by atoms with Crippen LogP contribution >= 0.6 is 0 Å². The average Bonchev–Trinajstić information content (AvgIpc) is 2.46. The highest BCUT2D eigenvalue weighted by molar-refractivity contribution is 5.54. The van der Waals surface area contributed by atoms with Gasteiger partial charge in [-0.2, -0.15) is 18.4 Å². The third-order valence-electron chi connectivity index (χ3n) is 2.76. The summed E-state index contributed by atoms with van der Waals surface area (Å²) in [4.78, 5) is 3.96. The zero-order valence-electron chi connectivity index (χ0n) is 10.8. The van der Waals surface area contributed by atoms with Gasteiger partial charge >= 0.3 is 6.18 Å². The molecule has 2 aromatic rings. The summed E-state index contributed by atoms with van der Waals surface area (Å²) in [5.74, 6) is 0.373. The van der Waals surface area contributed by atoms with E-state index in [0.29, 0.717) is 11.4 Å². The molecular formula is C14H11F3N4. The van der Waals surface area contributed by atoms with Crippen LogP contribution in [0.1, 0.15) is 16.8 Å². The highest BCUT2D eigenvalue weighted by Gasteiger charge is 2.30. The molecule has 0 atom stereocenters. The molecule has 4 nitrogen and oxygen atoms in total. The summed E-state index contributed by atoms with van der Waals surface area (Å²) in [6.45, 7) is 0.158. The summed E-state index contributed by atoms with van der Waals surface area (Å²) < 4.78 is 37.8. The SMILES string of the molecule is N#Cc1nc(NCc2cccc(C(F)(F)F)c2)ccc1N. The summed E-state index contributed by atoms with van der Waals surface area (Å²) in [5.41, 5.74) is 5.62. The summed E-state index contributed by atoms with van der Waals surface area (Å²) in [6, 6.07) is 9.91. The highest BCUT2D eigenvalue weighted by atomic mass is 19.4. The number of nitrogens with one attached hydrogen (secondary N) is 1. The number of pyridine rings is 1. The van der Waals surface area contributed by atoms with Crippen LogP contribution in [0.2, 0.25) is 0 Å². The molecule has 1 aromatic carbocycles. The van der Waals surface area contributed by atoms with Crippen LogP contribution in [-0.2, 0) is 12.7 Å². The minimum absolute atomic E-state index is 0.0732. The van der Waals surface area contributed by atoms with E-state index in [0.717, 1.165) is 12.1 Å². The topological polar surface area (TPSA) is 74.7 Å². The van der Waals surface area contributed by atoms with Gasteiger partial charge in [-0.1, -0.05) is 12.1 Å².